The number of aromatic nitrogens is 1. The second kappa shape index (κ2) is 7.21. The number of fused-ring (bicyclic) bond motifs is 1. The number of ether oxygens (including phenoxy) is 1. The number of esters is 1. The highest BCUT2D eigenvalue weighted by Crippen LogP contribution is 2.24. The fourth-order valence-electron chi connectivity index (χ4n) is 2.56. The van der Waals surface area contributed by atoms with E-state index in [1.165, 1.54) is 22.9 Å². The van der Waals surface area contributed by atoms with Crippen molar-refractivity contribution >= 4 is 16.9 Å². The van der Waals surface area contributed by atoms with Crippen LogP contribution in [0.15, 0.2) is 42.4 Å². The van der Waals surface area contributed by atoms with Gasteiger partial charge in [0, 0.05) is 23.7 Å². The van der Waals surface area contributed by atoms with Crippen LogP contribution in [-0.4, -0.2) is 17.1 Å². The van der Waals surface area contributed by atoms with Crippen molar-refractivity contribution in [1.82, 2.24) is 4.57 Å². The van der Waals surface area contributed by atoms with Gasteiger partial charge in [0.2, 0.25) is 5.43 Å². The first kappa shape index (κ1) is 17.6. The van der Waals surface area contributed by atoms with Gasteiger partial charge in [-0.25, -0.2) is 13.6 Å². The zero-order valence-electron chi connectivity index (χ0n) is 13.3. The molecular formula is C18H17F2NO3. The monoisotopic (exact) mass is 333 g/mol. The summed E-state index contributed by atoms with van der Waals surface area (Å²) < 4.78 is 34.5. The molecule has 1 heterocycles. The number of halogens is 2. The SMILES string of the molecule is C=CCc1c(F)c(F)cc2c(=O)c(C(=O)OCC)cn(CC=C)c12. The van der Waals surface area contributed by atoms with Gasteiger partial charge in [0.05, 0.1) is 12.1 Å². The second-order valence-corrected chi connectivity index (χ2v) is 5.07. The van der Waals surface area contributed by atoms with E-state index in [0.29, 0.717) is 0 Å². The summed E-state index contributed by atoms with van der Waals surface area (Å²) >= 11 is 0. The third-order valence-corrected chi connectivity index (χ3v) is 3.52. The predicted molar refractivity (Wildman–Crippen MR) is 88.2 cm³/mol. The van der Waals surface area contributed by atoms with E-state index in [4.69, 9.17) is 4.74 Å². The number of rotatable bonds is 6. The zero-order valence-corrected chi connectivity index (χ0v) is 13.3. The summed E-state index contributed by atoms with van der Waals surface area (Å²) in [4.78, 5) is 24.5. The fraction of sp³-hybridized carbons (Fsp3) is 0.222. The van der Waals surface area contributed by atoms with Crippen molar-refractivity contribution < 1.29 is 18.3 Å². The molecule has 1 aromatic carbocycles. The van der Waals surface area contributed by atoms with Gasteiger partial charge in [0.15, 0.2) is 11.6 Å². The number of hydrogen-bond acceptors (Lipinski definition) is 3. The van der Waals surface area contributed by atoms with Crippen molar-refractivity contribution in [3.05, 3.63) is 70.6 Å². The summed E-state index contributed by atoms with van der Waals surface area (Å²) in [5.74, 6) is -3.00. The van der Waals surface area contributed by atoms with Crippen molar-refractivity contribution in [2.24, 2.45) is 0 Å². The number of carbonyl (C=O) groups excluding carboxylic acids is 1. The molecule has 0 fully saturated rings. The van der Waals surface area contributed by atoms with Gasteiger partial charge in [0.1, 0.15) is 5.56 Å². The lowest BCUT2D eigenvalue weighted by Gasteiger charge is -2.15. The van der Waals surface area contributed by atoms with Gasteiger partial charge in [-0.3, -0.25) is 4.79 Å². The molecule has 0 saturated carbocycles. The number of carbonyl (C=O) groups is 1. The summed E-state index contributed by atoms with van der Waals surface area (Å²) in [6.07, 6.45) is 4.26. The van der Waals surface area contributed by atoms with Crippen molar-refractivity contribution in [3.8, 4) is 0 Å². The highest BCUT2D eigenvalue weighted by atomic mass is 19.2. The van der Waals surface area contributed by atoms with E-state index in [9.17, 15) is 18.4 Å². The first-order chi connectivity index (χ1) is 11.5. The van der Waals surface area contributed by atoms with E-state index >= 15 is 0 Å². The Kier molecular flexibility index (Phi) is 5.28. The largest absolute Gasteiger partial charge is 0.462 e. The van der Waals surface area contributed by atoms with Crippen molar-refractivity contribution in [2.75, 3.05) is 6.61 Å². The highest BCUT2D eigenvalue weighted by molar-refractivity contribution is 5.94. The third kappa shape index (κ3) is 2.99. The molecule has 4 nitrogen and oxygen atoms in total. The molecular weight excluding hydrogens is 316 g/mol. The van der Waals surface area contributed by atoms with Crippen molar-refractivity contribution in [1.29, 1.82) is 0 Å². The Hall–Kier alpha value is -2.76. The molecule has 126 valence electrons. The van der Waals surface area contributed by atoms with Gasteiger partial charge >= 0.3 is 5.97 Å². The van der Waals surface area contributed by atoms with Crippen LogP contribution in [0.1, 0.15) is 22.8 Å². The lowest BCUT2D eigenvalue weighted by molar-refractivity contribution is 0.0524. The molecule has 1 aromatic heterocycles. The molecule has 0 saturated heterocycles. The molecule has 0 aliphatic rings. The summed E-state index contributed by atoms with van der Waals surface area (Å²) in [5.41, 5.74) is -0.712. The number of pyridine rings is 1. The van der Waals surface area contributed by atoms with E-state index in [1.807, 2.05) is 0 Å². The topological polar surface area (TPSA) is 48.3 Å². The molecule has 0 radical (unpaired) electrons. The van der Waals surface area contributed by atoms with Crippen LogP contribution >= 0.6 is 0 Å². The van der Waals surface area contributed by atoms with Crippen LogP contribution in [-0.2, 0) is 17.7 Å². The standard InChI is InChI=1S/C18H17F2NO3/c1-4-7-11-15(20)14(19)9-12-16(11)21(8-5-2)10-13(17(12)22)18(23)24-6-3/h4-5,9-10H,1-2,6-8H2,3H3. The van der Waals surface area contributed by atoms with Crippen LogP contribution in [0.25, 0.3) is 10.9 Å². The van der Waals surface area contributed by atoms with Gasteiger partial charge in [-0.15, -0.1) is 13.2 Å². The maximum absolute atomic E-state index is 14.2. The Bertz CT molecular complexity index is 884. The maximum atomic E-state index is 14.2. The lowest BCUT2D eigenvalue weighted by atomic mass is 10.0. The number of allylic oxidation sites excluding steroid dienone is 2. The van der Waals surface area contributed by atoms with E-state index in [2.05, 4.69) is 13.2 Å². The Morgan fingerprint density at radius 2 is 2.04 bits per heavy atom. The minimum Gasteiger partial charge on any atom is -0.462 e. The average Bonchev–Trinajstić information content (AvgIpc) is 2.54. The van der Waals surface area contributed by atoms with E-state index in [1.54, 1.807) is 6.92 Å². The van der Waals surface area contributed by atoms with Crippen LogP contribution in [0, 0.1) is 11.6 Å². The molecule has 0 atom stereocenters. The molecule has 0 aliphatic heterocycles. The summed E-state index contributed by atoms with van der Waals surface area (Å²) in [6, 6.07) is 0.807. The van der Waals surface area contributed by atoms with Crippen LogP contribution < -0.4 is 5.43 Å². The van der Waals surface area contributed by atoms with E-state index in [0.717, 1.165) is 6.07 Å². The second-order valence-electron chi connectivity index (χ2n) is 5.07. The van der Waals surface area contributed by atoms with Gasteiger partial charge in [-0.05, 0) is 19.4 Å². The summed E-state index contributed by atoms with van der Waals surface area (Å²) in [5, 5.41) is -0.0850. The average molecular weight is 333 g/mol. The van der Waals surface area contributed by atoms with Gasteiger partial charge in [-0.2, -0.15) is 0 Å². The van der Waals surface area contributed by atoms with Crippen molar-refractivity contribution in [2.45, 2.75) is 19.9 Å². The smallest absolute Gasteiger partial charge is 0.343 e. The molecule has 0 spiro atoms. The number of benzene rings is 1. The van der Waals surface area contributed by atoms with Gasteiger partial charge < -0.3 is 9.30 Å². The molecule has 2 rings (SSSR count). The van der Waals surface area contributed by atoms with Crippen LogP contribution in [0.4, 0.5) is 8.78 Å². The molecule has 0 amide bonds. The summed E-state index contributed by atoms with van der Waals surface area (Å²) in [7, 11) is 0. The first-order valence-electron chi connectivity index (χ1n) is 7.39. The summed E-state index contributed by atoms with van der Waals surface area (Å²) in [6.45, 7) is 9.05. The molecule has 0 unspecified atom stereocenters. The van der Waals surface area contributed by atoms with Crippen molar-refractivity contribution in [3.63, 3.8) is 0 Å². The molecule has 2 aromatic rings. The van der Waals surface area contributed by atoms with E-state index in [-0.39, 0.29) is 41.6 Å². The molecule has 6 heteroatoms. The van der Waals surface area contributed by atoms with Crippen LogP contribution in [0.5, 0.6) is 0 Å². The number of hydrogen-bond donors (Lipinski definition) is 0. The lowest BCUT2D eigenvalue weighted by Crippen LogP contribution is -2.22. The molecule has 0 N–H and O–H groups in total. The Balaban J connectivity index is 2.95. The van der Waals surface area contributed by atoms with E-state index < -0.39 is 23.0 Å². The zero-order chi connectivity index (χ0) is 17.9. The normalized spacial score (nSPS) is 10.6. The first-order valence-corrected chi connectivity index (χ1v) is 7.39. The third-order valence-electron chi connectivity index (χ3n) is 3.52. The quantitative estimate of drug-likeness (QED) is 0.601. The minimum absolute atomic E-state index is 0.00867. The minimum atomic E-state index is -1.15. The number of nitrogens with zero attached hydrogens (tertiary/aromatic N) is 1. The van der Waals surface area contributed by atoms with Crippen LogP contribution in [0.3, 0.4) is 0 Å². The Labute approximate surface area is 137 Å². The van der Waals surface area contributed by atoms with Crippen LogP contribution in [0.2, 0.25) is 0 Å². The molecule has 0 aliphatic carbocycles. The predicted octanol–water partition coefficient (Wildman–Crippen LogP) is 3.37. The Morgan fingerprint density at radius 1 is 1.33 bits per heavy atom. The Morgan fingerprint density at radius 3 is 2.62 bits per heavy atom. The molecule has 24 heavy (non-hydrogen) atoms. The fourth-order valence-corrected chi connectivity index (χ4v) is 2.56. The maximum Gasteiger partial charge on any atom is 0.343 e. The highest BCUT2D eigenvalue weighted by Gasteiger charge is 2.21. The van der Waals surface area contributed by atoms with Gasteiger partial charge in [0.25, 0.3) is 0 Å². The molecule has 0 bridgehead atoms. The van der Waals surface area contributed by atoms with Gasteiger partial charge in [-0.1, -0.05) is 12.2 Å².